The Morgan fingerprint density at radius 2 is 2.00 bits per heavy atom. The van der Waals surface area contributed by atoms with Gasteiger partial charge in [0.1, 0.15) is 5.82 Å². The number of nitrogens with zero attached hydrogens (tertiary/aromatic N) is 4. The van der Waals surface area contributed by atoms with Gasteiger partial charge in [0.2, 0.25) is 0 Å². The summed E-state index contributed by atoms with van der Waals surface area (Å²) in [6.07, 6.45) is 13.8. The van der Waals surface area contributed by atoms with Crippen molar-refractivity contribution < 1.29 is 4.79 Å². The molecule has 0 spiro atoms. The van der Waals surface area contributed by atoms with Gasteiger partial charge in [0.15, 0.2) is 0 Å². The number of piperazine rings is 1. The van der Waals surface area contributed by atoms with Crippen LogP contribution in [0.15, 0.2) is 54.5 Å². The number of rotatable bonds is 6. The molecule has 1 saturated heterocycles. The average molecular weight is 392 g/mol. The van der Waals surface area contributed by atoms with Crippen molar-refractivity contribution in [2.24, 2.45) is 0 Å². The van der Waals surface area contributed by atoms with Crippen LogP contribution in [0.4, 0.5) is 11.5 Å². The predicted molar refractivity (Wildman–Crippen MR) is 116 cm³/mol. The molecule has 0 bridgehead atoms. The first-order chi connectivity index (χ1) is 14.3. The van der Waals surface area contributed by atoms with Gasteiger partial charge in [0.05, 0.1) is 11.3 Å². The van der Waals surface area contributed by atoms with Gasteiger partial charge < -0.3 is 15.1 Å². The van der Waals surface area contributed by atoms with Crippen molar-refractivity contribution in [1.82, 2.24) is 14.9 Å². The molecule has 0 radical (unpaired) electrons. The first-order valence-corrected chi connectivity index (χ1v) is 10.6. The maximum Gasteiger partial charge on any atom is 0.255 e. The normalized spacial score (nSPS) is 17.0. The lowest BCUT2D eigenvalue weighted by Crippen LogP contribution is -2.49. The zero-order valence-corrected chi connectivity index (χ0v) is 16.9. The molecule has 29 heavy (non-hydrogen) atoms. The van der Waals surface area contributed by atoms with E-state index in [0.29, 0.717) is 18.7 Å². The summed E-state index contributed by atoms with van der Waals surface area (Å²) in [5, 5.41) is 3.43. The summed E-state index contributed by atoms with van der Waals surface area (Å²) < 4.78 is 0. The lowest BCUT2D eigenvalue weighted by molar-refractivity contribution is 0.0746. The van der Waals surface area contributed by atoms with E-state index in [-0.39, 0.29) is 5.91 Å². The van der Waals surface area contributed by atoms with E-state index in [9.17, 15) is 4.79 Å². The minimum absolute atomic E-state index is 0.0526. The molecule has 6 heteroatoms. The highest BCUT2D eigenvalue weighted by atomic mass is 16.2. The molecular formula is C23H29N5O. The van der Waals surface area contributed by atoms with E-state index in [4.69, 9.17) is 0 Å². The Morgan fingerprint density at radius 1 is 1.10 bits per heavy atom. The maximum absolute atomic E-state index is 12.9. The summed E-state index contributed by atoms with van der Waals surface area (Å²) in [6, 6.07) is 7.86. The van der Waals surface area contributed by atoms with Gasteiger partial charge in [-0.05, 0) is 50.3 Å². The quantitative estimate of drug-likeness (QED) is 0.760. The largest absolute Gasteiger partial charge is 0.383 e. The molecule has 0 saturated carbocycles. The summed E-state index contributed by atoms with van der Waals surface area (Å²) in [6.45, 7) is 3.86. The monoisotopic (exact) mass is 391 g/mol. The van der Waals surface area contributed by atoms with E-state index >= 15 is 0 Å². The van der Waals surface area contributed by atoms with Crippen LogP contribution in [-0.4, -0.2) is 53.5 Å². The van der Waals surface area contributed by atoms with Crippen LogP contribution >= 0.6 is 0 Å². The van der Waals surface area contributed by atoms with E-state index < -0.39 is 0 Å². The molecule has 4 rings (SSSR count). The topological polar surface area (TPSA) is 61.4 Å². The van der Waals surface area contributed by atoms with Crippen molar-refractivity contribution >= 4 is 17.4 Å². The number of allylic oxidation sites excluding steroid dienone is 1. The zero-order valence-electron chi connectivity index (χ0n) is 16.9. The van der Waals surface area contributed by atoms with Crippen LogP contribution in [0.1, 0.15) is 42.5 Å². The Bertz CT molecular complexity index is 843. The van der Waals surface area contributed by atoms with Gasteiger partial charge in [-0.15, -0.1) is 0 Å². The van der Waals surface area contributed by atoms with Crippen molar-refractivity contribution in [3.63, 3.8) is 0 Å². The number of carbonyl (C=O) groups excluding carboxylic acids is 1. The van der Waals surface area contributed by atoms with Gasteiger partial charge in [-0.25, -0.2) is 4.98 Å². The standard InChI is InChI=1S/C23H29N5O/c29-23(28-14-12-27(13-15-28)22-8-4-5-10-26-22)20-16-21(18-24-17-20)25-11-9-19-6-2-1-3-7-19/h4-6,8,10,16-18,25H,1-3,7,9,11-15H2. The molecule has 0 aromatic carbocycles. The third-order valence-corrected chi connectivity index (χ3v) is 5.69. The minimum Gasteiger partial charge on any atom is -0.383 e. The van der Waals surface area contributed by atoms with Crippen molar-refractivity contribution in [3.8, 4) is 0 Å². The first-order valence-electron chi connectivity index (χ1n) is 10.6. The zero-order chi connectivity index (χ0) is 19.9. The molecule has 1 N–H and O–H groups in total. The number of hydrogen-bond donors (Lipinski definition) is 1. The Balaban J connectivity index is 1.30. The van der Waals surface area contributed by atoms with Gasteiger partial charge in [0, 0.05) is 51.3 Å². The molecule has 2 aliphatic rings. The molecule has 2 aromatic rings. The van der Waals surface area contributed by atoms with Crippen LogP contribution < -0.4 is 10.2 Å². The summed E-state index contributed by atoms with van der Waals surface area (Å²) in [4.78, 5) is 25.8. The van der Waals surface area contributed by atoms with E-state index in [1.54, 1.807) is 18.0 Å². The molecular weight excluding hydrogens is 362 g/mol. The fourth-order valence-electron chi connectivity index (χ4n) is 4.01. The van der Waals surface area contributed by atoms with Crippen molar-refractivity contribution in [2.45, 2.75) is 32.1 Å². The number of anilines is 2. The van der Waals surface area contributed by atoms with Crippen LogP contribution in [-0.2, 0) is 0 Å². The Hall–Kier alpha value is -2.89. The average Bonchev–Trinajstić information content (AvgIpc) is 2.80. The van der Waals surface area contributed by atoms with E-state index in [0.717, 1.165) is 37.6 Å². The van der Waals surface area contributed by atoms with Crippen LogP contribution in [0.3, 0.4) is 0 Å². The van der Waals surface area contributed by atoms with Crippen LogP contribution in [0.25, 0.3) is 0 Å². The predicted octanol–water partition coefficient (Wildman–Crippen LogP) is 3.74. The Labute approximate surface area is 172 Å². The van der Waals surface area contributed by atoms with Crippen molar-refractivity contribution in [1.29, 1.82) is 0 Å². The maximum atomic E-state index is 12.9. The first kappa shape index (κ1) is 19.4. The molecule has 1 aliphatic carbocycles. The molecule has 1 fully saturated rings. The van der Waals surface area contributed by atoms with Crippen LogP contribution in [0, 0.1) is 0 Å². The van der Waals surface area contributed by atoms with Gasteiger partial charge in [-0.3, -0.25) is 9.78 Å². The number of pyridine rings is 2. The smallest absolute Gasteiger partial charge is 0.255 e. The fourth-order valence-corrected chi connectivity index (χ4v) is 4.01. The second-order valence-electron chi connectivity index (χ2n) is 7.71. The van der Waals surface area contributed by atoms with Crippen LogP contribution in [0.2, 0.25) is 0 Å². The Morgan fingerprint density at radius 3 is 2.76 bits per heavy atom. The van der Waals surface area contributed by atoms with E-state index in [1.807, 2.05) is 35.4 Å². The van der Waals surface area contributed by atoms with Gasteiger partial charge in [0.25, 0.3) is 5.91 Å². The van der Waals surface area contributed by atoms with Crippen LogP contribution in [0.5, 0.6) is 0 Å². The molecule has 2 aromatic heterocycles. The number of carbonyl (C=O) groups is 1. The summed E-state index contributed by atoms with van der Waals surface area (Å²) in [7, 11) is 0. The second-order valence-corrected chi connectivity index (χ2v) is 7.71. The highest BCUT2D eigenvalue weighted by Gasteiger charge is 2.23. The van der Waals surface area contributed by atoms with Crippen molar-refractivity contribution in [3.05, 3.63) is 60.1 Å². The number of nitrogens with one attached hydrogen (secondary N) is 1. The molecule has 3 heterocycles. The lowest BCUT2D eigenvalue weighted by atomic mass is 9.97. The molecule has 0 unspecified atom stereocenters. The molecule has 1 aliphatic heterocycles. The number of hydrogen-bond acceptors (Lipinski definition) is 5. The molecule has 152 valence electrons. The highest BCUT2D eigenvalue weighted by molar-refractivity contribution is 5.94. The summed E-state index contributed by atoms with van der Waals surface area (Å²) >= 11 is 0. The number of aromatic nitrogens is 2. The van der Waals surface area contributed by atoms with E-state index in [2.05, 4.69) is 26.3 Å². The lowest BCUT2D eigenvalue weighted by Gasteiger charge is -2.35. The second kappa shape index (κ2) is 9.54. The Kier molecular flexibility index (Phi) is 6.39. The van der Waals surface area contributed by atoms with Gasteiger partial charge in [-0.1, -0.05) is 17.7 Å². The third kappa shape index (κ3) is 5.13. The summed E-state index contributed by atoms with van der Waals surface area (Å²) in [5.41, 5.74) is 3.12. The molecule has 6 nitrogen and oxygen atoms in total. The third-order valence-electron chi connectivity index (χ3n) is 5.69. The highest BCUT2D eigenvalue weighted by Crippen LogP contribution is 2.20. The molecule has 1 amide bonds. The SMILES string of the molecule is O=C(c1cncc(NCCC2=CCCCC2)c1)N1CCN(c2ccccn2)CC1. The number of amides is 1. The van der Waals surface area contributed by atoms with Gasteiger partial charge >= 0.3 is 0 Å². The molecule has 0 atom stereocenters. The minimum atomic E-state index is 0.0526. The summed E-state index contributed by atoms with van der Waals surface area (Å²) in [5.74, 6) is 1.03. The van der Waals surface area contributed by atoms with E-state index in [1.165, 1.54) is 25.7 Å². The van der Waals surface area contributed by atoms with Gasteiger partial charge in [-0.2, -0.15) is 0 Å². The fraction of sp³-hybridized carbons (Fsp3) is 0.435. The van der Waals surface area contributed by atoms with Crippen molar-refractivity contribution in [2.75, 3.05) is 42.9 Å².